The van der Waals surface area contributed by atoms with Gasteiger partial charge in [-0.25, -0.2) is 0 Å². The fourth-order valence-electron chi connectivity index (χ4n) is 1.51. The van der Waals surface area contributed by atoms with Crippen LogP contribution in [0.1, 0.15) is 20.3 Å². The van der Waals surface area contributed by atoms with Gasteiger partial charge < -0.3 is 0 Å². The first kappa shape index (κ1) is 10.9. The van der Waals surface area contributed by atoms with Gasteiger partial charge in [-0.1, -0.05) is 12.1 Å². The Kier molecular flexibility index (Phi) is 3.42. The molecule has 0 bridgehead atoms. The fraction of sp³-hybridized carbons (Fsp3) is 0.273. The standard InChI is InChI=1S/C11H12N2.ClH/c1-8-7-9(2)13-11-6-4-3-5-10(11)12-8;/h3-6H,7H2,1-2H3;1H. The first-order chi connectivity index (χ1) is 6.25. The molecule has 3 heteroatoms. The molecule has 0 atom stereocenters. The Morgan fingerprint density at radius 2 is 1.36 bits per heavy atom. The van der Waals surface area contributed by atoms with Crippen molar-refractivity contribution in [1.82, 2.24) is 0 Å². The smallest absolute Gasteiger partial charge is 0.0885 e. The molecule has 0 unspecified atom stereocenters. The van der Waals surface area contributed by atoms with Crippen LogP contribution in [0.3, 0.4) is 0 Å². The minimum atomic E-state index is 0. The normalized spacial score (nSPS) is 14.4. The zero-order chi connectivity index (χ0) is 9.26. The predicted molar refractivity (Wildman–Crippen MR) is 63.8 cm³/mol. The highest BCUT2D eigenvalue weighted by atomic mass is 35.5. The molecule has 74 valence electrons. The number of benzene rings is 1. The summed E-state index contributed by atoms with van der Waals surface area (Å²) in [5.74, 6) is 0. The molecule has 2 rings (SSSR count). The van der Waals surface area contributed by atoms with Crippen molar-refractivity contribution in [2.75, 3.05) is 0 Å². The highest BCUT2D eigenvalue weighted by Crippen LogP contribution is 2.29. The number of halogens is 1. The van der Waals surface area contributed by atoms with Crippen LogP contribution in [-0.2, 0) is 0 Å². The van der Waals surface area contributed by atoms with Crippen molar-refractivity contribution < 1.29 is 0 Å². The van der Waals surface area contributed by atoms with E-state index in [1.807, 2.05) is 38.1 Å². The zero-order valence-corrected chi connectivity index (χ0v) is 9.14. The lowest BCUT2D eigenvalue weighted by atomic mass is 10.2. The molecule has 1 aromatic carbocycles. The largest absolute Gasteiger partial charge is 0.255 e. The Bertz CT molecular complexity index is 357. The van der Waals surface area contributed by atoms with E-state index in [-0.39, 0.29) is 12.4 Å². The molecule has 1 aliphatic rings. The SMILES string of the molecule is CC1=Nc2ccccc2N=C(C)C1.Cl. The van der Waals surface area contributed by atoms with Gasteiger partial charge >= 0.3 is 0 Å². The Morgan fingerprint density at radius 3 is 1.79 bits per heavy atom. The molecule has 0 N–H and O–H groups in total. The summed E-state index contributed by atoms with van der Waals surface area (Å²) in [5.41, 5.74) is 4.23. The molecule has 1 heterocycles. The second kappa shape index (κ2) is 4.38. The summed E-state index contributed by atoms with van der Waals surface area (Å²) >= 11 is 0. The van der Waals surface area contributed by atoms with Crippen molar-refractivity contribution in [2.24, 2.45) is 9.98 Å². The van der Waals surface area contributed by atoms with Crippen molar-refractivity contribution in [3.8, 4) is 0 Å². The molecule has 0 amide bonds. The van der Waals surface area contributed by atoms with Crippen LogP contribution in [0.15, 0.2) is 34.3 Å². The highest BCUT2D eigenvalue weighted by Gasteiger charge is 2.05. The maximum atomic E-state index is 4.49. The fourth-order valence-corrected chi connectivity index (χ4v) is 1.51. The third-order valence-electron chi connectivity index (χ3n) is 2.02. The minimum absolute atomic E-state index is 0. The van der Waals surface area contributed by atoms with E-state index in [1.54, 1.807) is 0 Å². The number of hydrogen-bond acceptors (Lipinski definition) is 2. The molecule has 1 aliphatic heterocycles. The Hall–Kier alpha value is -1.15. The third kappa shape index (κ3) is 2.20. The molecule has 1 aromatic rings. The molecule has 0 aromatic heterocycles. The third-order valence-corrected chi connectivity index (χ3v) is 2.02. The van der Waals surface area contributed by atoms with Gasteiger partial charge in [0.2, 0.25) is 0 Å². The van der Waals surface area contributed by atoms with Crippen molar-refractivity contribution in [3.05, 3.63) is 24.3 Å². The van der Waals surface area contributed by atoms with Gasteiger partial charge in [0, 0.05) is 17.8 Å². The molecular weight excluding hydrogens is 196 g/mol. The molecule has 0 saturated carbocycles. The maximum Gasteiger partial charge on any atom is 0.0885 e. The second-order valence-electron chi connectivity index (χ2n) is 3.36. The van der Waals surface area contributed by atoms with Crippen LogP contribution in [0.2, 0.25) is 0 Å². The van der Waals surface area contributed by atoms with E-state index in [0.717, 1.165) is 29.2 Å². The van der Waals surface area contributed by atoms with E-state index in [2.05, 4.69) is 9.98 Å². The highest BCUT2D eigenvalue weighted by molar-refractivity contribution is 6.06. The first-order valence-corrected chi connectivity index (χ1v) is 4.43. The predicted octanol–water partition coefficient (Wildman–Crippen LogP) is 3.70. The quantitative estimate of drug-likeness (QED) is 0.621. The van der Waals surface area contributed by atoms with E-state index in [9.17, 15) is 0 Å². The number of nitrogens with zero attached hydrogens (tertiary/aromatic N) is 2. The van der Waals surface area contributed by atoms with Crippen molar-refractivity contribution in [2.45, 2.75) is 20.3 Å². The van der Waals surface area contributed by atoms with E-state index in [0.29, 0.717) is 0 Å². The van der Waals surface area contributed by atoms with Crippen LogP contribution in [0.25, 0.3) is 0 Å². The number of hydrogen-bond donors (Lipinski definition) is 0. The lowest BCUT2D eigenvalue weighted by Crippen LogP contribution is -1.97. The van der Waals surface area contributed by atoms with Gasteiger partial charge in [-0.3, -0.25) is 9.98 Å². The van der Waals surface area contributed by atoms with Crippen molar-refractivity contribution in [1.29, 1.82) is 0 Å². The Morgan fingerprint density at radius 1 is 0.929 bits per heavy atom. The molecule has 0 radical (unpaired) electrons. The molecule has 0 aliphatic carbocycles. The summed E-state index contributed by atoms with van der Waals surface area (Å²) in [6.07, 6.45) is 0.884. The topological polar surface area (TPSA) is 24.7 Å². The van der Waals surface area contributed by atoms with Crippen molar-refractivity contribution >= 4 is 35.2 Å². The van der Waals surface area contributed by atoms with Gasteiger partial charge in [-0.05, 0) is 26.0 Å². The summed E-state index contributed by atoms with van der Waals surface area (Å²) in [7, 11) is 0. The second-order valence-corrected chi connectivity index (χ2v) is 3.36. The molecule has 2 nitrogen and oxygen atoms in total. The number of para-hydroxylation sites is 2. The number of rotatable bonds is 0. The van der Waals surface area contributed by atoms with E-state index < -0.39 is 0 Å². The molecule has 14 heavy (non-hydrogen) atoms. The minimum Gasteiger partial charge on any atom is -0.255 e. The molecule has 0 fully saturated rings. The Labute approximate surface area is 90.2 Å². The summed E-state index contributed by atoms with van der Waals surface area (Å²) in [6, 6.07) is 7.99. The average Bonchev–Trinajstić information content (AvgIpc) is 2.20. The lowest BCUT2D eigenvalue weighted by Gasteiger charge is -1.96. The lowest BCUT2D eigenvalue weighted by molar-refractivity contribution is 1.44. The van der Waals surface area contributed by atoms with Gasteiger partial charge in [-0.15, -0.1) is 12.4 Å². The van der Waals surface area contributed by atoms with Crippen LogP contribution < -0.4 is 0 Å². The number of fused-ring (bicyclic) bond motifs is 1. The van der Waals surface area contributed by atoms with E-state index in [4.69, 9.17) is 0 Å². The van der Waals surface area contributed by atoms with Crippen LogP contribution >= 0.6 is 12.4 Å². The van der Waals surface area contributed by atoms with Gasteiger partial charge in [0.25, 0.3) is 0 Å². The summed E-state index contributed by atoms with van der Waals surface area (Å²) in [6.45, 7) is 4.09. The van der Waals surface area contributed by atoms with E-state index >= 15 is 0 Å². The van der Waals surface area contributed by atoms with Gasteiger partial charge in [0.15, 0.2) is 0 Å². The van der Waals surface area contributed by atoms with E-state index in [1.165, 1.54) is 0 Å². The van der Waals surface area contributed by atoms with Crippen molar-refractivity contribution in [3.63, 3.8) is 0 Å². The van der Waals surface area contributed by atoms with Gasteiger partial charge in [-0.2, -0.15) is 0 Å². The Balaban J connectivity index is 0.000000980. The summed E-state index contributed by atoms with van der Waals surface area (Å²) in [4.78, 5) is 8.98. The molecular formula is C11H13ClN2. The van der Waals surface area contributed by atoms with Gasteiger partial charge in [0.1, 0.15) is 0 Å². The zero-order valence-electron chi connectivity index (χ0n) is 8.32. The summed E-state index contributed by atoms with van der Waals surface area (Å²) in [5, 5.41) is 0. The van der Waals surface area contributed by atoms with Crippen LogP contribution in [0, 0.1) is 0 Å². The monoisotopic (exact) mass is 208 g/mol. The summed E-state index contributed by atoms with van der Waals surface area (Å²) < 4.78 is 0. The average molecular weight is 209 g/mol. The van der Waals surface area contributed by atoms with Gasteiger partial charge in [0.05, 0.1) is 11.4 Å². The van der Waals surface area contributed by atoms with Crippen LogP contribution in [0.5, 0.6) is 0 Å². The van der Waals surface area contributed by atoms with Crippen LogP contribution in [0.4, 0.5) is 11.4 Å². The number of aliphatic imine (C=N–C) groups is 2. The van der Waals surface area contributed by atoms with Crippen LogP contribution in [-0.4, -0.2) is 11.4 Å². The first-order valence-electron chi connectivity index (χ1n) is 4.43. The molecule has 0 spiro atoms. The maximum absolute atomic E-state index is 4.49. The molecule has 0 saturated heterocycles.